The Labute approximate surface area is 111 Å². The van der Waals surface area contributed by atoms with Gasteiger partial charge < -0.3 is 10.5 Å². The summed E-state index contributed by atoms with van der Waals surface area (Å²) in [5, 5.41) is 0. The van der Waals surface area contributed by atoms with E-state index in [1.165, 1.54) is 5.56 Å². The van der Waals surface area contributed by atoms with Crippen LogP contribution in [0.1, 0.15) is 12.5 Å². The van der Waals surface area contributed by atoms with E-state index in [0.29, 0.717) is 12.0 Å². The summed E-state index contributed by atoms with van der Waals surface area (Å²) in [6, 6.07) is 6.42. The Hall–Kier alpha value is -0.580. The van der Waals surface area contributed by atoms with Crippen molar-refractivity contribution < 1.29 is 4.74 Å². The second-order valence-electron chi connectivity index (χ2n) is 4.79. The molecule has 4 heteroatoms. The molecule has 2 rings (SSSR count). The number of nitrogens with zero attached hydrogens (tertiary/aromatic N) is 1. The first-order valence-electron chi connectivity index (χ1n) is 5.90. The van der Waals surface area contributed by atoms with Gasteiger partial charge in [-0.3, -0.25) is 4.90 Å². The molecule has 0 spiro atoms. The zero-order valence-electron chi connectivity index (χ0n) is 10.3. The Morgan fingerprint density at radius 1 is 1.47 bits per heavy atom. The minimum absolute atomic E-state index is 0.299. The molecule has 1 saturated heterocycles. The van der Waals surface area contributed by atoms with Gasteiger partial charge in [0.2, 0.25) is 0 Å². The number of hydrogen-bond donors (Lipinski definition) is 1. The van der Waals surface area contributed by atoms with Crippen molar-refractivity contribution in [3.63, 3.8) is 0 Å². The Balaban J connectivity index is 2.10. The van der Waals surface area contributed by atoms with Gasteiger partial charge in [-0.2, -0.15) is 0 Å². The van der Waals surface area contributed by atoms with Crippen molar-refractivity contribution in [1.29, 1.82) is 0 Å². The number of likely N-dealkylation sites (tertiary alicyclic amines) is 1. The lowest BCUT2D eigenvalue weighted by Gasteiger charge is -2.17. The first-order chi connectivity index (χ1) is 8.10. The molecule has 0 radical (unpaired) electrons. The monoisotopic (exact) mass is 298 g/mol. The summed E-state index contributed by atoms with van der Waals surface area (Å²) in [6.45, 7) is 5.15. The lowest BCUT2D eigenvalue weighted by atomic mass is 10.1. The van der Waals surface area contributed by atoms with Crippen LogP contribution in [0, 0.1) is 5.92 Å². The van der Waals surface area contributed by atoms with Crippen molar-refractivity contribution in [3.8, 4) is 5.75 Å². The molecular weight excluding hydrogens is 280 g/mol. The first-order valence-corrected chi connectivity index (χ1v) is 6.70. The van der Waals surface area contributed by atoms with E-state index >= 15 is 0 Å². The molecule has 0 amide bonds. The highest BCUT2D eigenvalue weighted by atomic mass is 79.9. The van der Waals surface area contributed by atoms with Gasteiger partial charge in [-0.25, -0.2) is 0 Å². The van der Waals surface area contributed by atoms with E-state index in [-0.39, 0.29) is 0 Å². The molecule has 1 fully saturated rings. The third kappa shape index (κ3) is 3.00. The Bertz CT molecular complexity index is 387. The largest absolute Gasteiger partial charge is 0.496 e. The van der Waals surface area contributed by atoms with E-state index in [0.717, 1.165) is 29.9 Å². The number of hydrogen-bond acceptors (Lipinski definition) is 3. The highest BCUT2D eigenvalue weighted by Crippen LogP contribution is 2.26. The summed E-state index contributed by atoms with van der Waals surface area (Å²) >= 11 is 3.50. The van der Waals surface area contributed by atoms with Crippen LogP contribution < -0.4 is 10.5 Å². The minimum atomic E-state index is 0.299. The van der Waals surface area contributed by atoms with E-state index in [9.17, 15) is 0 Å². The second kappa shape index (κ2) is 5.38. The van der Waals surface area contributed by atoms with Gasteiger partial charge in [0.15, 0.2) is 0 Å². The van der Waals surface area contributed by atoms with Crippen LogP contribution in [0.15, 0.2) is 22.7 Å². The fourth-order valence-corrected chi connectivity index (χ4v) is 2.74. The lowest BCUT2D eigenvalue weighted by Crippen LogP contribution is -2.28. The van der Waals surface area contributed by atoms with Gasteiger partial charge in [0, 0.05) is 35.7 Å². The first kappa shape index (κ1) is 12.9. The maximum absolute atomic E-state index is 6.04. The molecule has 1 aromatic carbocycles. The van der Waals surface area contributed by atoms with E-state index in [2.05, 4.69) is 33.8 Å². The number of methoxy groups -OCH3 is 1. The summed E-state index contributed by atoms with van der Waals surface area (Å²) in [4.78, 5) is 2.39. The van der Waals surface area contributed by atoms with Gasteiger partial charge >= 0.3 is 0 Å². The molecule has 0 aromatic heterocycles. The summed E-state index contributed by atoms with van der Waals surface area (Å²) in [5.41, 5.74) is 7.25. The molecular formula is C13H19BrN2O. The summed E-state index contributed by atoms with van der Waals surface area (Å²) in [7, 11) is 1.71. The molecule has 94 valence electrons. The molecule has 0 aliphatic carbocycles. The van der Waals surface area contributed by atoms with E-state index in [4.69, 9.17) is 10.5 Å². The van der Waals surface area contributed by atoms with Crippen molar-refractivity contribution in [2.45, 2.75) is 19.5 Å². The summed E-state index contributed by atoms with van der Waals surface area (Å²) in [6.07, 6.45) is 0. The van der Waals surface area contributed by atoms with Crippen LogP contribution >= 0.6 is 15.9 Å². The standard InChI is InChI=1S/C13H19BrN2O/c1-9-6-16(8-12(9)15)7-10-5-11(14)3-4-13(10)17-2/h3-5,9,12H,6-8,15H2,1-2H3. The molecule has 1 aliphatic heterocycles. The van der Waals surface area contributed by atoms with Gasteiger partial charge in [-0.15, -0.1) is 0 Å². The maximum atomic E-state index is 6.04. The van der Waals surface area contributed by atoms with Crippen LogP contribution in [0.4, 0.5) is 0 Å². The molecule has 2 unspecified atom stereocenters. The van der Waals surface area contributed by atoms with Crippen molar-refractivity contribution in [3.05, 3.63) is 28.2 Å². The topological polar surface area (TPSA) is 38.5 Å². The molecule has 2 N–H and O–H groups in total. The second-order valence-corrected chi connectivity index (χ2v) is 5.71. The van der Waals surface area contributed by atoms with Crippen molar-refractivity contribution >= 4 is 15.9 Å². The van der Waals surface area contributed by atoms with Crippen molar-refractivity contribution in [2.75, 3.05) is 20.2 Å². The minimum Gasteiger partial charge on any atom is -0.496 e. The van der Waals surface area contributed by atoms with Crippen molar-refractivity contribution in [1.82, 2.24) is 4.90 Å². The highest BCUT2D eigenvalue weighted by Gasteiger charge is 2.26. The van der Waals surface area contributed by atoms with Crippen molar-refractivity contribution in [2.24, 2.45) is 11.7 Å². The number of nitrogens with two attached hydrogens (primary N) is 1. The van der Waals surface area contributed by atoms with Gasteiger partial charge in [0.25, 0.3) is 0 Å². The molecule has 2 atom stereocenters. The van der Waals surface area contributed by atoms with Gasteiger partial charge in [0.1, 0.15) is 5.75 Å². The smallest absolute Gasteiger partial charge is 0.123 e. The van der Waals surface area contributed by atoms with E-state index in [1.54, 1.807) is 7.11 Å². The van der Waals surface area contributed by atoms with Crippen LogP contribution in [-0.4, -0.2) is 31.1 Å². The average Bonchev–Trinajstić information content (AvgIpc) is 2.58. The SMILES string of the molecule is COc1ccc(Br)cc1CN1CC(C)C(N)C1. The van der Waals surface area contributed by atoms with Crippen LogP contribution in [0.2, 0.25) is 0 Å². The summed E-state index contributed by atoms with van der Waals surface area (Å²) < 4.78 is 6.47. The van der Waals surface area contributed by atoms with Gasteiger partial charge in [-0.05, 0) is 24.1 Å². The van der Waals surface area contributed by atoms with E-state index in [1.807, 2.05) is 12.1 Å². The predicted octanol–water partition coefficient (Wildman–Crippen LogP) is 2.24. The number of rotatable bonds is 3. The van der Waals surface area contributed by atoms with Gasteiger partial charge in [-0.1, -0.05) is 22.9 Å². The molecule has 3 nitrogen and oxygen atoms in total. The normalized spacial score (nSPS) is 25.2. The van der Waals surface area contributed by atoms with Gasteiger partial charge in [0.05, 0.1) is 7.11 Å². The fraction of sp³-hybridized carbons (Fsp3) is 0.538. The quantitative estimate of drug-likeness (QED) is 0.930. The maximum Gasteiger partial charge on any atom is 0.123 e. The Kier molecular flexibility index (Phi) is 4.07. The Morgan fingerprint density at radius 3 is 2.82 bits per heavy atom. The predicted molar refractivity (Wildman–Crippen MR) is 73.1 cm³/mol. The molecule has 1 heterocycles. The molecule has 1 aliphatic rings. The fourth-order valence-electron chi connectivity index (χ4n) is 2.34. The molecule has 17 heavy (non-hydrogen) atoms. The number of ether oxygens (including phenoxy) is 1. The highest BCUT2D eigenvalue weighted by molar-refractivity contribution is 9.10. The molecule has 0 saturated carbocycles. The molecule has 1 aromatic rings. The number of benzene rings is 1. The zero-order chi connectivity index (χ0) is 12.4. The van der Waals surface area contributed by atoms with Crippen LogP contribution in [0.25, 0.3) is 0 Å². The lowest BCUT2D eigenvalue weighted by molar-refractivity contribution is 0.310. The number of halogens is 1. The zero-order valence-corrected chi connectivity index (χ0v) is 11.9. The third-order valence-electron chi connectivity index (χ3n) is 3.38. The van der Waals surface area contributed by atoms with E-state index < -0.39 is 0 Å². The average molecular weight is 299 g/mol. The molecule has 0 bridgehead atoms. The summed E-state index contributed by atoms with van der Waals surface area (Å²) in [5.74, 6) is 1.52. The van der Waals surface area contributed by atoms with Crippen LogP contribution in [0.3, 0.4) is 0 Å². The van der Waals surface area contributed by atoms with Crippen LogP contribution in [0.5, 0.6) is 5.75 Å². The third-order valence-corrected chi connectivity index (χ3v) is 3.88. The van der Waals surface area contributed by atoms with Crippen LogP contribution in [-0.2, 0) is 6.54 Å². The Morgan fingerprint density at radius 2 is 2.24 bits per heavy atom.